The maximum Gasteiger partial charge on any atom is 0.145 e. The van der Waals surface area contributed by atoms with Crippen LogP contribution in [0.25, 0.3) is 65.8 Å². The first-order chi connectivity index (χ1) is 21.5. The highest BCUT2D eigenvalue weighted by Crippen LogP contribution is 2.38. The molecule has 0 bridgehead atoms. The normalized spacial score (nSPS) is 12.0. The fourth-order valence-corrected chi connectivity index (χ4v) is 7.21. The Kier molecular flexibility index (Phi) is 5.18. The van der Waals surface area contributed by atoms with Gasteiger partial charge in [-0.25, -0.2) is 9.97 Å². The Morgan fingerprint density at radius 3 is 1.77 bits per heavy atom. The fraction of sp³-hybridized carbons (Fsp3) is 0.0769. The van der Waals surface area contributed by atoms with Crippen molar-refractivity contribution in [1.29, 1.82) is 0 Å². The second-order valence-electron chi connectivity index (χ2n) is 11.8. The zero-order chi connectivity index (χ0) is 29.5. The van der Waals surface area contributed by atoms with Crippen LogP contribution in [0.4, 0.5) is 0 Å². The molecule has 0 spiro atoms. The molecular formula is C39H28N4O. The van der Waals surface area contributed by atoms with Gasteiger partial charge in [-0.05, 0) is 108 Å². The van der Waals surface area contributed by atoms with Gasteiger partial charge in [0.25, 0.3) is 0 Å². The van der Waals surface area contributed by atoms with E-state index >= 15 is 0 Å². The molecule has 0 aliphatic heterocycles. The van der Waals surface area contributed by atoms with Crippen LogP contribution in [0.2, 0.25) is 0 Å². The van der Waals surface area contributed by atoms with E-state index in [1.54, 1.807) is 0 Å². The maximum absolute atomic E-state index is 6.53. The number of hydrogen-bond acceptors (Lipinski definition) is 3. The van der Waals surface area contributed by atoms with E-state index < -0.39 is 0 Å². The second kappa shape index (κ2) is 9.16. The van der Waals surface area contributed by atoms with Crippen molar-refractivity contribution >= 4 is 54.6 Å². The van der Waals surface area contributed by atoms with Gasteiger partial charge in [0.2, 0.25) is 0 Å². The van der Waals surface area contributed by atoms with E-state index in [-0.39, 0.29) is 0 Å². The van der Waals surface area contributed by atoms with Crippen molar-refractivity contribution < 1.29 is 4.74 Å². The SMILES string of the molecule is Cc1cc(C)c(-c2ccc3c(c2)c2ccc(Oc4ccc5c6ccccc6n6ccnc6c5c4)cc2c2nccn32)c(C)c1. The summed E-state index contributed by atoms with van der Waals surface area (Å²) in [5, 5.41) is 6.80. The summed E-state index contributed by atoms with van der Waals surface area (Å²) >= 11 is 0. The van der Waals surface area contributed by atoms with Crippen molar-refractivity contribution in [2.45, 2.75) is 20.8 Å². The van der Waals surface area contributed by atoms with Crippen LogP contribution in [0.1, 0.15) is 16.7 Å². The summed E-state index contributed by atoms with van der Waals surface area (Å²) in [5.41, 5.74) is 10.5. The molecule has 4 heterocycles. The van der Waals surface area contributed by atoms with Gasteiger partial charge in [-0.3, -0.25) is 8.80 Å². The first-order valence-corrected chi connectivity index (χ1v) is 14.9. The molecule has 9 rings (SSSR count). The Balaban J connectivity index is 1.20. The number of imidazole rings is 2. The first-order valence-electron chi connectivity index (χ1n) is 14.9. The van der Waals surface area contributed by atoms with E-state index in [0.29, 0.717) is 0 Å². The molecule has 210 valence electrons. The molecule has 0 aliphatic rings. The largest absolute Gasteiger partial charge is 0.457 e. The summed E-state index contributed by atoms with van der Waals surface area (Å²) in [5.74, 6) is 1.53. The average molecular weight is 569 g/mol. The molecular weight excluding hydrogens is 540 g/mol. The van der Waals surface area contributed by atoms with Gasteiger partial charge in [0.15, 0.2) is 0 Å². The number of fused-ring (bicyclic) bond motifs is 12. The highest BCUT2D eigenvalue weighted by atomic mass is 16.5. The van der Waals surface area contributed by atoms with Crippen molar-refractivity contribution in [2.75, 3.05) is 0 Å². The lowest BCUT2D eigenvalue weighted by Crippen LogP contribution is -1.94. The Morgan fingerprint density at radius 2 is 1.11 bits per heavy atom. The summed E-state index contributed by atoms with van der Waals surface area (Å²) in [4.78, 5) is 9.44. The van der Waals surface area contributed by atoms with E-state index in [2.05, 4.69) is 119 Å². The Hall–Kier alpha value is -5.68. The van der Waals surface area contributed by atoms with Crippen LogP contribution in [0.15, 0.2) is 116 Å². The Bertz CT molecular complexity index is 2600. The highest BCUT2D eigenvalue weighted by Gasteiger charge is 2.15. The lowest BCUT2D eigenvalue weighted by atomic mass is 9.92. The molecule has 0 aliphatic carbocycles. The smallest absolute Gasteiger partial charge is 0.145 e. The molecule has 9 aromatic rings. The minimum atomic E-state index is 0.766. The number of ether oxygens (including phenoxy) is 1. The molecule has 0 amide bonds. The van der Waals surface area contributed by atoms with E-state index in [4.69, 9.17) is 9.72 Å². The van der Waals surface area contributed by atoms with Crippen LogP contribution in [0, 0.1) is 20.8 Å². The van der Waals surface area contributed by atoms with Crippen molar-refractivity contribution in [2.24, 2.45) is 0 Å². The second-order valence-corrected chi connectivity index (χ2v) is 11.8. The Labute approximate surface area is 253 Å². The van der Waals surface area contributed by atoms with Crippen LogP contribution in [0.3, 0.4) is 0 Å². The molecule has 4 aromatic heterocycles. The van der Waals surface area contributed by atoms with Crippen LogP contribution < -0.4 is 4.74 Å². The number of pyridine rings is 2. The van der Waals surface area contributed by atoms with E-state index in [1.807, 2.05) is 30.9 Å². The number of rotatable bonds is 3. The number of benzene rings is 5. The van der Waals surface area contributed by atoms with Gasteiger partial charge < -0.3 is 4.74 Å². The third kappa shape index (κ3) is 3.59. The lowest BCUT2D eigenvalue weighted by Gasteiger charge is -2.15. The highest BCUT2D eigenvalue weighted by molar-refractivity contribution is 6.14. The Morgan fingerprint density at radius 1 is 0.523 bits per heavy atom. The van der Waals surface area contributed by atoms with E-state index in [0.717, 1.165) is 55.4 Å². The molecule has 5 nitrogen and oxygen atoms in total. The predicted molar refractivity (Wildman–Crippen MR) is 180 cm³/mol. The molecule has 0 N–H and O–H groups in total. The molecule has 0 saturated carbocycles. The van der Waals surface area contributed by atoms with Gasteiger partial charge in [0, 0.05) is 46.3 Å². The van der Waals surface area contributed by atoms with Gasteiger partial charge in [-0.15, -0.1) is 0 Å². The minimum Gasteiger partial charge on any atom is -0.457 e. The molecule has 0 saturated heterocycles. The molecule has 44 heavy (non-hydrogen) atoms. The summed E-state index contributed by atoms with van der Waals surface area (Å²) in [6.45, 7) is 6.56. The summed E-state index contributed by atoms with van der Waals surface area (Å²) in [6, 6.07) is 32.4. The maximum atomic E-state index is 6.53. The van der Waals surface area contributed by atoms with Crippen molar-refractivity contribution in [1.82, 2.24) is 18.8 Å². The number of aryl methyl sites for hydroxylation is 3. The quantitative estimate of drug-likeness (QED) is 0.199. The summed E-state index contributed by atoms with van der Waals surface area (Å²) < 4.78 is 10.9. The third-order valence-electron chi connectivity index (χ3n) is 8.95. The first kappa shape index (κ1) is 24.9. The molecule has 0 unspecified atom stereocenters. The van der Waals surface area contributed by atoms with Crippen LogP contribution in [-0.2, 0) is 0 Å². The van der Waals surface area contributed by atoms with Gasteiger partial charge in [0.05, 0.1) is 11.0 Å². The average Bonchev–Trinajstić information content (AvgIpc) is 3.72. The van der Waals surface area contributed by atoms with Gasteiger partial charge in [-0.2, -0.15) is 0 Å². The summed E-state index contributed by atoms with van der Waals surface area (Å²) in [7, 11) is 0. The number of para-hydroxylation sites is 1. The molecule has 0 radical (unpaired) electrons. The van der Waals surface area contributed by atoms with Crippen LogP contribution >= 0.6 is 0 Å². The fourth-order valence-electron chi connectivity index (χ4n) is 7.21. The van der Waals surface area contributed by atoms with Gasteiger partial charge >= 0.3 is 0 Å². The summed E-state index contributed by atoms with van der Waals surface area (Å²) in [6.07, 6.45) is 7.77. The van der Waals surface area contributed by atoms with Crippen molar-refractivity contribution in [3.05, 3.63) is 132 Å². The molecule has 0 atom stereocenters. The number of nitrogens with zero attached hydrogens (tertiary/aromatic N) is 4. The minimum absolute atomic E-state index is 0.766. The zero-order valence-electron chi connectivity index (χ0n) is 24.7. The monoisotopic (exact) mass is 568 g/mol. The zero-order valence-corrected chi connectivity index (χ0v) is 24.7. The number of aromatic nitrogens is 4. The van der Waals surface area contributed by atoms with Crippen LogP contribution in [-0.4, -0.2) is 18.8 Å². The molecule has 5 heteroatoms. The third-order valence-corrected chi connectivity index (χ3v) is 8.95. The van der Waals surface area contributed by atoms with Gasteiger partial charge in [-0.1, -0.05) is 42.0 Å². The van der Waals surface area contributed by atoms with Crippen molar-refractivity contribution in [3.63, 3.8) is 0 Å². The van der Waals surface area contributed by atoms with E-state index in [1.165, 1.54) is 38.6 Å². The van der Waals surface area contributed by atoms with Crippen LogP contribution in [0.5, 0.6) is 11.5 Å². The van der Waals surface area contributed by atoms with Gasteiger partial charge in [0.1, 0.15) is 22.8 Å². The van der Waals surface area contributed by atoms with Crippen molar-refractivity contribution in [3.8, 4) is 22.6 Å². The molecule has 0 fully saturated rings. The standard InChI is InChI=1S/C39H28N4O/c1-23-18-24(2)37(25(3)19-23)26-8-13-36-32(20-26)30-12-10-28(22-34(30)39-41-15-17-43(36)39)44-27-9-11-29-31-6-4-5-7-35(31)42-16-14-40-38(42)33(29)21-27/h4-22H,1-3H3. The molecule has 5 aromatic carbocycles. The number of hydrogen-bond donors (Lipinski definition) is 0. The lowest BCUT2D eigenvalue weighted by molar-refractivity contribution is 0.484. The topological polar surface area (TPSA) is 43.8 Å². The predicted octanol–water partition coefficient (Wildman–Crippen LogP) is 9.98. The van der Waals surface area contributed by atoms with E-state index in [9.17, 15) is 0 Å².